The van der Waals surface area contributed by atoms with Gasteiger partial charge in [0, 0.05) is 12.5 Å². The number of hydrogen-bond acceptors (Lipinski definition) is 5. The number of β-lactam (4-membered cyclic amide) rings is 1. The minimum absolute atomic E-state index is 0.0295. The number of amides is 2. The zero-order chi connectivity index (χ0) is 24.1. The van der Waals surface area contributed by atoms with Crippen molar-refractivity contribution in [1.82, 2.24) is 9.80 Å². The molecule has 0 bridgehead atoms. The van der Waals surface area contributed by atoms with Crippen molar-refractivity contribution in [3.05, 3.63) is 53.2 Å². The third-order valence-corrected chi connectivity index (χ3v) is 5.89. The molecule has 176 valence electrons. The number of carbonyl (C=O) groups is 3. The molecule has 0 radical (unpaired) electrons. The Morgan fingerprint density at radius 3 is 2.21 bits per heavy atom. The Balaban J connectivity index is 1.67. The van der Waals surface area contributed by atoms with Gasteiger partial charge in [-0.25, -0.2) is 9.59 Å². The van der Waals surface area contributed by atoms with Crippen LogP contribution in [0, 0.1) is 5.92 Å². The van der Waals surface area contributed by atoms with Crippen LogP contribution in [0.1, 0.15) is 53.5 Å². The van der Waals surface area contributed by atoms with Gasteiger partial charge < -0.3 is 9.47 Å². The SMILES string of the molecule is CC(C)(C)OC(=O)C1=C(C=Cc2ccccc2)CC2CN(C(=O)OC(C)(C)C)C3C(=O)N1[C@H]23. The number of esters is 1. The van der Waals surface area contributed by atoms with Gasteiger partial charge in [-0.3, -0.25) is 14.6 Å². The van der Waals surface area contributed by atoms with Crippen LogP contribution in [0.15, 0.2) is 47.7 Å². The molecule has 33 heavy (non-hydrogen) atoms. The number of benzene rings is 1. The molecule has 3 atom stereocenters. The molecule has 0 N–H and O–H groups in total. The second-order valence-electron chi connectivity index (χ2n) is 10.9. The average molecular weight is 453 g/mol. The first-order valence-corrected chi connectivity index (χ1v) is 11.4. The molecule has 4 rings (SSSR count). The number of ether oxygens (including phenoxy) is 2. The highest BCUT2D eigenvalue weighted by Crippen LogP contribution is 2.48. The molecule has 3 aliphatic rings. The molecule has 0 saturated carbocycles. The molecule has 7 heteroatoms. The molecular formula is C26H32N2O5. The van der Waals surface area contributed by atoms with Gasteiger partial charge >= 0.3 is 12.1 Å². The first-order chi connectivity index (χ1) is 15.4. The fourth-order valence-electron chi connectivity index (χ4n) is 4.71. The predicted octanol–water partition coefficient (Wildman–Crippen LogP) is 4.15. The molecule has 3 heterocycles. The second kappa shape index (κ2) is 8.04. The number of rotatable bonds is 3. The van der Waals surface area contributed by atoms with Crippen molar-refractivity contribution in [2.45, 2.75) is 71.2 Å². The summed E-state index contributed by atoms with van der Waals surface area (Å²) in [5.41, 5.74) is 0.671. The summed E-state index contributed by atoms with van der Waals surface area (Å²) in [5.74, 6) is -0.752. The van der Waals surface area contributed by atoms with Gasteiger partial charge in [0.25, 0.3) is 5.91 Å². The van der Waals surface area contributed by atoms with Crippen LogP contribution in [0.5, 0.6) is 0 Å². The molecule has 0 aliphatic carbocycles. The van der Waals surface area contributed by atoms with E-state index in [-0.39, 0.29) is 23.6 Å². The lowest BCUT2D eigenvalue weighted by molar-refractivity contribution is -0.163. The summed E-state index contributed by atoms with van der Waals surface area (Å²) in [6.45, 7) is 11.2. The molecule has 2 unspecified atom stereocenters. The Labute approximate surface area is 195 Å². The highest BCUT2D eigenvalue weighted by atomic mass is 16.6. The summed E-state index contributed by atoms with van der Waals surface area (Å²) in [6.07, 6.45) is 3.90. The fourth-order valence-corrected chi connectivity index (χ4v) is 4.71. The number of allylic oxidation sites excluding steroid dienone is 2. The Bertz CT molecular complexity index is 1030. The maximum atomic E-state index is 13.2. The monoisotopic (exact) mass is 452 g/mol. The number of hydrogen-bond donors (Lipinski definition) is 0. The van der Waals surface area contributed by atoms with E-state index < -0.39 is 29.3 Å². The van der Waals surface area contributed by atoms with Gasteiger partial charge in [0.05, 0.1) is 6.04 Å². The van der Waals surface area contributed by atoms with Crippen LogP contribution in [0.3, 0.4) is 0 Å². The molecule has 2 amide bonds. The van der Waals surface area contributed by atoms with E-state index in [9.17, 15) is 14.4 Å². The molecule has 2 saturated heterocycles. The quantitative estimate of drug-likeness (QED) is 0.509. The molecule has 0 spiro atoms. The molecule has 7 nitrogen and oxygen atoms in total. The summed E-state index contributed by atoms with van der Waals surface area (Å²) in [4.78, 5) is 42.3. The van der Waals surface area contributed by atoms with Crippen LogP contribution in [-0.4, -0.2) is 57.6 Å². The van der Waals surface area contributed by atoms with E-state index in [1.165, 1.54) is 4.90 Å². The highest BCUT2D eigenvalue weighted by molar-refractivity contribution is 6.03. The number of carbonyl (C=O) groups excluding carboxylic acids is 3. The molecule has 1 aromatic rings. The smallest absolute Gasteiger partial charge is 0.411 e. The van der Waals surface area contributed by atoms with Gasteiger partial charge in [-0.15, -0.1) is 0 Å². The van der Waals surface area contributed by atoms with Crippen molar-refractivity contribution in [2.75, 3.05) is 6.54 Å². The maximum Gasteiger partial charge on any atom is 0.411 e. The highest BCUT2D eigenvalue weighted by Gasteiger charge is 2.64. The van der Waals surface area contributed by atoms with Crippen molar-refractivity contribution in [3.63, 3.8) is 0 Å². The minimum atomic E-state index is -0.694. The normalized spacial score (nSPS) is 24.7. The van der Waals surface area contributed by atoms with Crippen LogP contribution in [-0.2, 0) is 19.1 Å². The van der Waals surface area contributed by atoms with Crippen LogP contribution < -0.4 is 0 Å². The number of nitrogens with zero attached hydrogens (tertiary/aromatic N) is 2. The topological polar surface area (TPSA) is 76.1 Å². The van der Waals surface area contributed by atoms with Crippen LogP contribution in [0.25, 0.3) is 6.08 Å². The molecule has 0 aromatic heterocycles. The standard InChI is InChI=1S/C26H32N2O5/c1-25(2,3)32-23(30)20-17(13-12-16-10-8-7-9-11-16)14-18-15-27(24(31)33-26(4,5)6)21-19(18)28(20)22(21)29/h7-13,18-19,21H,14-15H2,1-6H3/t18?,19-,21?/m1/s1. The van der Waals surface area contributed by atoms with E-state index in [1.807, 2.05) is 42.5 Å². The van der Waals surface area contributed by atoms with Crippen molar-refractivity contribution in [1.29, 1.82) is 0 Å². The summed E-state index contributed by atoms with van der Waals surface area (Å²) >= 11 is 0. The summed E-state index contributed by atoms with van der Waals surface area (Å²) in [6, 6.07) is 8.94. The Hall–Kier alpha value is -3.09. The second-order valence-corrected chi connectivity index (χ2v) is 10.9. The van der Waals surface area contributed by atoms with E-state index in [2.05, 4.69) is 0 Å². The Morgan fingerprint density at radius 2 is 1.61 bits per heavy atom. The molecular weight excluding hydrogens is 420 g/mol. The number of likely N-dealkylation sites (tertiary alicyclic amines) is 1. The van der Waals surface area contributed by atoms with Crippen LogP contribution in [0.4, 0.5) is 4.79 Å². The predicted molar refractivity (Wildman–Crippen MR) is 124 cm³/mol. The summed E-state index contributed by atoms with van der Waals surface area (Å²) in [7, 11) is 0. The summed E-state index contributed by atoms with van der Waals surface area (Å²) < 4.78 is 11.2. The lowest BCUT2D eigenvalue weighted by Crippen LogP contribution is -2.69. The largest absolute Gasteiger partial charge is 0.455 e. The van der Waals surface area contributed by atoms with Crippen LogP contribution in [0.2, 0.25) is 0 Å². The first-order valence-electron chi connectivity index (χ1n) is 11.4. The minimum Gasteiger partial charge on any atom is -0.455 e. The van der Waals surface area contributed by atoms with Crippen LogP contribution >= 0.6 is 0 Å². The van der Waals surface area contributed by atoms with Gasteiger partial charge in [-0.05, 0) is 59.1 Å². The molecule has 3 aliphatic heterocycles. The van der Waals surface area contributed by atoms with E-state index in [4.69, 9.17) is 9.47 Å². The van der Waals surface area contributed by atoms with Gasteiger partial charge in [0.1, 0.15) is 22.9 Å². The zero-order valence-corrected chi connectivity index (χ0v) is 20.1. The fraction of sp³-hybridized carbons (Fsp3) is 0.500. The van der Waals surface area contributed by atoms with Crippen molar-refractivity contribution < 1.29 is 23.9 Å². The van der Waals surface area contributed by atoms with Gasteiger partial charge in [0.15, 0.2) is 0 Å². The average Bonchev–Trinajstić information content (AvgIpc) is 3.06. The van der Waals surface area contributed by atoms with E-state index in [0.29, 0.717) is 13.0 Å². The lowest BCUT2D eigenvalue weighted by atomic mass is 9.79. The van der Waals surface area contributed by atoms with Gasteiger partial charge in [0.2, 0.25) is 0 Å². The Morgan fingerprint density at radius 1 is 0.970 bits per heavy atom. The van der Waals surface area contributed by atoms with E-state index >= 15 is 0 Å². The zero-order valence-electron chi connectivity index (χ0n) is 20.1. The summed E-state index contributed by atoms with van der Waals surface area (Å²) in [5, 5.41) is 0. The molecule has 2 fully saturated rings. The van der Waals surface area contributed by atoms with Crippen molar-refractivity contribution in [2.24, 2.45) is 5.92 Å². The first kappa shape index (κ1) is 23.1. The third-order valence-electron chi connectivity index (χ3n) is 5.89. The van der Waals surface area contributed by atoms with E-state index in [0.717, 1.165) is 11.1 Å². The Kier molecular flexibility index (Phi) is 5.63. The lowest BCUT2D eigenvalue weighted by Gasteiger charge is -2.50. The molecule has 1 aromatic carbocycles. The third kappa shape index (κ3) is 4.54. The van der Waals surface area contributed by atoms with Crippen molar-refractivity contribution in [3.8, 4) is 0 Å². The van der Waals surface area contributed by atoms with Gasteiger partial charge in [-0.2, -0.15) is 0 Å². The van der Waals surface area contributed by atoms with E-state index in [1.54, 1.807) is 46.4 Å². The maximum absolute atomic E-state index is 13.2. The van der Waals surface area contributed by atoms with Gasteiger partial charge in [-0.1, -0.05) is 42.5 Å². The van der Waals surface area contributed by atoms with Crippen molar-refractivity contribution >= 4 is 24.0 Å².